The Hall–Kier alpha value is -2.36. The van der Waals surface area contributed by atoms with E-state index in [2.05, 4.69) is 10.4 Å². The van der Waals surface area contributed by atoms with Gasteiger partial charge in [0.1, 0.15) is 0 Å². The zero-order valence-corrected chi connectivity index (χ0v) is 16.2. The molecule has 1 aliphatic heterocycles. The number of aryl methyl sites for hydroxylation is 2. The van der Waals surface area contributed by atoms with Crippen LogP contribution in [0.4, 0.5) is 13.2 Å². The molecule has 1 atom stereocenters. The Morgan fingerprint density at radius 1 is 1.29 bits per heavy atom. The van der Waals surface area contributed by atoms with Gasteiger partial charge in [0.15, 0.2) is 9.84 Å². The first-order chi connectivity index (χ1) is 13.0. The van der Waals surface area contributed by atoms with Crippen molar-refractivity contribution in [2.45, 2.75) is 33.0 Å². The molecule has 1 aliphatic rings. The maximum Gasteiger partial charge on any atom is 0.416 e. The lowest BCUT2D eigenvalue weighted by Gasteiger charge is -2.16. The first kappa shape index (κ1) is 20.4. The van der Waals surface area contributed by atoms with Gasteiger partial charge in [-0.05, 0) is 44.0 Å². The Morgan fingerprint density at radius 3 is 2.54 bits per heavy atom. The Morgan fingerprint density at radius 2 is 2.00 bits per heavy atom. The van der Waals surface area contributed by atoms with Gasteiger partial charge in [0.2, 0.25) is 5.91 Å². The van der Waals surface area contributed by atoms with Crippen molar-refractivity contribution in [3.8, 4) is 5.69 Å². The smallest absolute Gasteiger partial charge is 0.352 e. The molecule has 1 saturated heterocycles. The van der Waals surface area contributed by atoms with Crippen molar-refractivity contribution in [2.24, 2.45) is 5.92 Å². The molecule has 1 amide bonds. The van der Waals surface area contributed by atoms with Crippen LogP contribution < -0.4 is 5.32 Å². The first-order valence-electron chi connectivity index (χ1n) is 8.68. The van der Waals surface area contributed by atoms with Crippen LogP contribution in [0.3, 0.4) is 0 Å². The van der Waals surface area contributed by atoms with Gasteiger partial charge in [-0.1, -0.05) is 6.07 Å². The van der Waals surface area contributed by atoms with Gasteiger partial charge in [0.05, 0.1) is 34.4 Å². The van der Waals surface area contributed by atoms with Crippen LogP contribution in [0.2, 0.25) is 0 Å². The second-order valence-electron chi connectivity index (χ2n) is 7.00. The fourth-order valence-electron chi connectivity index (χ4n) is 3.33. The molecule has 1 aromatic carbocycles. The summed E-state index contributed by atoms with van der Waals surface area (Å²) in [5.74, 6) is -1.59. The molecule has 152 valence electrons. The summed E-state index contributed by atoms with van der Waals surface area (Å²) >= 11 is 0. The Kier molecular flexibility index (Phi) is 5.26. The summed E-state index contributed by atoms with van der Waals surface area (Å²) in [5, 5.41) is 6.64. The molecule has 2 heterocycles. The molecule has 2 aromatic rings. The second-order valence-corrected chi connectivity index (χ2v) is 9.22. The molecule has 0 saturated carbocycles. The normalized spacial score (nSPS) is 19.0. The number of hydrogen-bond acceptors (Lipinski definition) is 4. The number of nitrogens with zero attached hydrogens (tertiary/aromatic N) is 2. The molecular formula is C18H20F3N3O3S. The number of benzene rings is 1. The van der Waals surface area contributed by atoms with E-state index in [1.807, 2.05) is 0 Å². The van der Waals surface area contributed by atoms with E-state index < -0.39 is 33.4 Å². The third-order valence-corrected chi connectivity index (χ3v) is 6.48. The largest absolute Gasteiger partial charge is 0.416 e. The average molecular weight is 415 g/mol. The fourth-order valence-corrected chi connectivity index (χ4v) is 5.07. The number of amides is 1. The summed E-state index contributed by atoms with van der Waals surface area (Å²) < 4.78 is 65.0. The summed E-state index contributed by atoms with van der Waals surface area (Å²) in [6.07, 6.45) is -4.42. The molecule has 0 bridgehead atoms. The summed E-state index contributed by atoms with van der Waals surface area (Å²) in [4.78, 5) is 12.1. The summed E-state index contributed by atoms with van der Waals surface area (Å²) in [7, 11) is -3.24. The lowest BCUT2D eigenvalue weighted by Crippen LogP contribution is -2.31. The van der Waals surface area contributed by atoms with Crippen LogP contribution in [0.5, 0.6) is 0 Å². The number of halogens is 3. The zero-order valence-electron chi connectivity index (χ0n) is 15.4. The maximum absolute atomic E-state index is 13.6. The van der Waals surface area contributed by atoms with Crippen LogP contribution in [0.15, 0.2) is 24.3 Å². The SMILES string of the molecule is Cc1cc(C)n(-c2ccc(CNC(=O)[C@@H]3CCS(=O)(=O)C3)c(C(F)(F)F)c2)n1. The van der Waals surface area contributed by atoms with E-state index in [4.69, 9.17) is 0 Å². The maximum atomic E-state index is 13.6. The Bertz CT molecular complexity index is 1010. The van der Waals surface area contributed by atoms with Crippen molar-refractivity contribution >= 4 is 15.7 Å². The molecule has 0 aliphatic carbocycles. The van der Waals surface area contributed by atoms with Crippen LogP contribution in [0, 0.1) is 19.8 Å². The minimum absolute atomic E-state index is 0.0732. The van der Waals surface area contributed by atoms with Crippen molar-refractivity contribution < 1.29 is 26.4 Å². The number of hydrogen-bond donors (Lipinski definition) is 1. The van der Waals surface area contributed by atoms with Gasteiger partial charge in [-0.25, -0.2) is 13.1 Å². The van der Waals surface area contributed by atoms with Gasteiger partial charge in [0.25, 0.3) is 0 Å². The Balaban J connectivity index is 1.83. The van der Waals surface area contributed by atoms with Gasteiger partial charge < -0.3 is 5.32 Å². The van der Waals surface area contributed by atoms with Crippen molar-refractivity contribution in [1.82, 2.24) is 15.1 Å². The predicted octanol–water partition coefficient (Wildman–Crippen LogP) is 2.56. The molecule has 1 aromatic heterocycles. The first-order valence-corrected chi connectivity index (χ1v) is 10.5. The summed E-state index contributed by atoms with van der Waals surface area (Å²) in [5.41, 5.74) is 0.710. The lowest BCUT2D eigenvalue weighted by molar-refractivity contribution is -0.138. The standard InChI is InChI=1S/C18H20F3N3O3S/c1-11-7-12(2)24(23-11)15-4-3-13(16(8-15)18(19,20)21)9-22-17(25)14-5-6-28(26,27)10-14/h3-4,7-8,14H,5-6,9-10H2,1-2H3,(H,22,25)/t14-/m1/s1. The van der Waals surface area contributed by atoms with Crippen LogP contribution in [0.1, 0.15) is 28.9 Å². The van der Waals surface area contributed by atoms with Crippen LogP contribution in [0.25, 0.3) is 5.69 Å². The van der Waals surface area contributed by atoms with Gasteiger partial charge in [-0.2, -0.15) is 18.3 Å². The number of carbonyl (C=O) groups is 1. The van der Waals surface area contributed by atoms with Crippen molar-refractivity contribution in [3.05, 3.63) is 46.8 Å². The highest BCUT2D eigenvalue weighted by molar-refractivity contribution is 7.91. The lowest BCUT2D eigenvalue weighted by atomic mass is 10.0. The zero-order chi connectivity index (χ0) is 20.7. The van der Waals surface area contributed by atoms with Gasteiger partial charge in [0, 0.05) is 12.2 Å². The molecule has 6 nitrogen and oxygen atoms in total. The summed E-state index contributed by atoms with van der Waals surface area (Å²) in [6.45, 7) is 3.17. The minimum atomic E-state index is -4.61. The quantitative estimate of drug-likeness (QED) is 0.832. The monoisotopic (exact) mass is 415 g/mol. The van der Waals surface area contributed by atoms with Gasteiger partial charge in [-0.3, -0.25) is 4.79 Å². The number of sulfone groups is 1. The molecule has 0 unspecified atom stereocenters. The number of rotatable bonds is 4. The number of aromatic nitrogens is 2. The van der Waals surface area contributed by atoms with E-state index in [9.17, 15) is 26.4 Å². The molecule has 1 fully saturated rings. The van der Waals surface area contributed by atoms with Gasteiger partial charge >= 0.3 is 6.18 Å². The van der Waals surface area contributed by atoms with E-state index in [0.29, 0.717) is 11.4 Å². The molecule has 1 N–H and O–H groups in total. The second kappa shape index (κ2) is 7.23. The highest BCUT2D eigenvalue weighted by Gasteiger charge is 2.35. The molecule has 3 rings (SSSR count). The topological polar surface area (TPSA) is 81.1 Å². The molecule has 0 spiro atoms. The third kappa shape index (κ3) is 4.37. The number of nitrogens with one attached hydrogen (secondary N) is 1. The Labute approximate surface area is 160 Å². The molecule has 0 radical (unpaired) electrons. The van der Waals surface area contributed by atoms with Crippen LogP contribution in [-0.2, 0) is 27.4 Å². The van der Waals surface area contributed by atoms with E-state index in [1.54, 1.807) is 19.9 Å². The fraction of sp³-hybridized carbons (Fsp3) is 0.444. The molecule has 10 heteroatoms. The van der Waals surface area contributed by atoms with Crippen LogP contribution in [-0.4, -0.2) is 35.6 Å². The number of carbonyl (C=O) groups excluding carboxylic acids is 1. The minimum Gasteiger partial charge on any atom is -0.352 e. The van der Waals surface area contributed by atoms with Crippen molar-refractivity contribution in [2.75, 3.05) is 11.5 Å². The van der Waals surface area contributed by atoms with E-state index >= 15 is 0 Å². The number of alkyl halides is 3. The van der Waals surface area contributed by atoms with E-state index in [1.165, 1.54) is 16.8 Å². The van der Waals surface area contributed by atoms with Crippen LogP contribution >= 0.6 is 0 Å². The third-order valence-electron chi connectivity index (χ3n) is 4.71. The molecule has 28 heavy (non-hydrogen) atoms. The van der Waals surface area contributed by atoms with E-state index in [-0.39, 0.29) is 35.7 Å². The highest BCUT2D eigenvalue weighted by atomic mass is 32.2. The highest BCUT2D eigenvalue weighted by Crippen LogP contribution is 2.34. The predicted molar refractivity (Wildman–Crippen MR) is 96.6 cm³/mol. The average Bonchev–Trinajstić information content (AvgIpc) is 3.12. The van der Waals surface area contributed by atoms with Crippen molar-refractivity contribution in [3.63, 3.8) is 0 Å². The molecular weight excluding hydrogens is 395 g/mol. The summed E-state index contributed by atoms with van der Waals surface area (Å²) in [6, 6.07) is 5.58. The van der Waals surface area contributed by atoms with E-state index in [0.717, 1.165) is 6.07 Å². The van der Waals surface area contributed by atoms with Crippen molar-refractivity contribution in [1.29, 1.82) is 0 Å². The van der Waals surface area contributed by atoms with Gasteiger partial charge in [-0.15, -0.1) is 0 Å².